The lowest BCUT2D eigenvalue weighted by molar-refractivity contribution is -0.137. The number of rotatable bonds is 6. The maximum absolute atomic E-state index is 10.6. The van der Waals surface area contributed by atoms with Gasteiger partial charge >= 0.3 is 5.97 Å². The van der Waals surface area contributed by atoms with Crippen LogP contribution in [-0.2, 0) is 16.1 Å². The number of carboxylic acid groups (broad SMARTS) is 1. The Hall–Kier alpha value is -2.28. The van der Waals surface area contributed by atoms with Gasteiger partial charge in [0.2, 0.25) is 0 Å². The summed E-state index contributed by atoms with van der Waals surface area (Å²) in [6.07, 6.45) is -0.450. The minimum Gasteiger partial charge on any atom is -0.481 e. The van der Waals surface area contributed by atoms with Crippen LogP contribution in [0, 0.1) is 0 Å². The molecule has 0 saturated carbocycles. The molecule has 0 aliphatic carbocycles. The highest BCUT2D eigenvalue weighted by atomic mass is 16.5. The second-order valence-corrected chi connectivity index (χ2v) is 3.93. The van der Waals surface area contributed by atoms with Crippen molar-refractivity contribution in [1.29, 1.82) is 0 Å². The van der Waals surface area contributed by atoms with Gasteiger partial charge < -0.3 is 9.84 Å². The van der Waals surface area contributed by atoms with Crippen molar-refractivity contribution in [1.82, 2.24) is 20.2 Å². The predicted molar refractivity (Wildman–Crippen MR) is 65.4 cm³/mol. The number of hydrogen-bond acceptors (Lipinski definition) is 5. The zero-order valence-electron chi connectivity index (χ0n) is 10.4. The highest BCUT2D eigenvalue weighted by Gasteiger charge is 2.20. The number of carboxylic acids is 1. The molecule has 0 radical (unpaired) electrons. The molecule has 1 N–H and O–H groups in total. The van der Waals surface area contributed by atoms with Gasteiger partial charge in [-0.3, -0.25) is 4.79 Å². The number of aromatic nitrogens is 4. The molecule has 0 aliphatic rings. The number of carbonyl (C=O) groups is 1. The average Bonchev–Trinajstić information content (AvgIpc) is 2.87. The molecule has 0 amide bonds. The summed E-state index contributed by atoms with van der Waals surface area (Å²) in [4.78, 5) is 10.6. The third-order valence-corrected chi connectivity index (χ3v) is 2.67. The monoisotopic (exact) mass is 262 g/mol. The first-order valence-corrected chi connectivity index (χ1v) is 5.78. The second-order valence-electron chi connectivity index (χ2n) is 3.93. The molecule has 100 valence electrons. The summed E-state index contributed by atoms with van der Waals surface area (Å²) < 4.78 is 6.87. The largest absolute Gasteiger partial charge is 0.481 e. The third-order valence-electron chi connectivity index (χ3n) is 2.67. The van der Waals surface area contributed by atoms with Crippen molar-refractivity contribution in [3.05, 3.63) is 41.7 Å². The quantitative estimate of drug-likeness (QED) is 0.831. The summed E-state index contributed by atoms with van der Waals surface area (Å²) >= 11 is 0. The Bertz CT molecular complexity index is 541. The van der Waals surface area contributed by atoms with Crippen LogP contribution in [0.15, 0.2) is 30.3 Å². The van der Waals surface area contributed by atoms with Gasteiger partial charge in [0.1, 0.15) is 6.10 Å². The summed E-state index contributed by atoms with van der Waals surface area (Å²) in [7, 11) is 1.56. The average molecular weight is 262 g/mol. The molecule has 1 unspecified atom stereocenters. The summed E-state index contributed by atoms with van der Waals surface area (Å²) in [5, 5.41) is 20.0. The fourth-order valence-electron chi connectivity index (χ4n) is 1.78. The number of aryl methyl sites for hydroxylation is 1. The molecule has 0 bridgehead atoms. The van der Waals surface area contributed by atoms with Gasteiger partial charge in [-0.1, -0.05) is 30.3 Å². The van der Waals surface area contributed by atoms with Crippen LogP contribution in [0.1, 0.15) is 23.9 Å². The lowest BCUT2D eigenvalue weighted by atomic mass is 10.1. The smallest absolute Gasteiger partial charge is 0.305 e. The Morgan fingerprint density at radius 3 is 2.79 bits per heavy atom. The van der Waals surface area contributed by atoms with Gasteiger partial charge in [0.25, 0.3) is 0 Å². The van der Waals surface area contributed by atoms with Gasteiger partial charge in [0.15, 0.2) is 5.82 Å². The van der Waals surface area contributed by atoms with E-state index in [1.165, 1.54) is 4.68 Å². The summed E-state index contributed by atoms with van der Waals surface area (Å²) in [5.74, 6) is -0.398. The molecule has 1 aromatic heterocycles. The van der Waals surface area contributed by atoms with E-state index in [1.807, 2.05) is 30.3 Å². The van der Waals surface area contributed by atoms with Gasteiger partial charge in [0, 0.05) is 7.11 Å². The number of ether oxygens (including phenoxy) is 1. The van der Waals surface area contributed by atoms with Crippen molar-refractivity contribution < 1.29 is 14.6 Å². The Balaban J connectivity index is 2.24. The molecular formula is C12H14N4O3. The second kappa shape index (κ2) is 6.05. The van der Waals surface area contributed by atoms with Gasteiger partial charge in [-0.05, 0) is 16.0 Å². The van der Waals surface area contributed by atoms with Gasteiger partial charge in [-0.2, -0.15) is 0 Å². The van der Waals surface area contributed by atoms with Crippen LogP contribution < -0.4 is 0 Å². The Morgan fingerprint density at radius 1 is 1.42 bits per heavy atom. The highest BCUT2D eigenvalue weighted by molar-refractivity contribution is 5.66. The summed E-state index contributed by atoms with van der Waals surface area (Å²) in [5.41, 5.74) is 0.913. The predicted octanol–water partition coefficient (Wildman–Crippen LogP) is 0.884. The molecule has 7 nitrogen and oxygen atoms in total. The van der Waals surface area contributed by atoms with Crippen LogP contribution in [0.5, 0.6) is 0 Å². The molecule has 2 rings (SSSR count). The molecule has 1 atom stereocenters. The van der Waals surface area contributed by atoms with E-state index in [-0.39, 0.29) is 13.0 Å². The van der Waals surface area contributed by atoms with E-state index in [9.17, 15) is 4.79 Å². The molecule has 2 aromatic rings. The zero-order valence-corrected chi connectivity index (χ0v) is 10.4. The molecule has 0 saturated heterocycles. The number of aliphatic carboxylic acids is 1. The van der Waals surface area contributed by atoms with Crippen LogP contribution >= 0.6 is 0 Å². The van der Waals surface area contributed by atoms with Gasteiger partial charge in [0.05, 0.1) is 13.0 Å². The van der Waals surface area contributed by atoms with Gasteiger partial charge in [-0.25, -0.2) is 4.68 Å². The lowest BCUT2D eigenvalue weighted by Gasteiger charge is -2.14. The molecule has 1 heterocycles. The Morgan fingerprint density at radius 2 is 2.16 bits per heavy atom. The number of methoxy groups -OCH3 is 1. The number of hydrogen-bond donors (Lipinski definition) is 1. The first-order valence-electron chi connectivity index (χ1n) is 5.78. The van der Waals surface area contributed by atoms with Gasteiger partial charge in [-0.15, -0.1) is 5.10 Å². The fourth-order valence-corrected chi connectivity index (χ4v) is 1.78. The van der Waals surface area contributed by atoms with E-state index in [1.54, 1.807) is 7.11 Å². The van der Waals surface area contributed by atoms with E-state index in [2.05, 4.69) is 15.5 Å². The van der Waals surface area contributed by atoms with Crippen LogP contribution in [0.2, 0.25) is 0 Å². The SMILES string of the molecule is COC(c1ccccc1)c1nnnn1CCC(=O)O. The van der Waals surface area contributed by atoms with Crippen molar-refractivity contribution in [2.24, 2.45) is 0 Å². The minimum atomic E-state index is -0.893. The van der Waals surface area contributed by atoms with E-state index < -0.39 is 12.1 Å². The van der Waals surface area contributed by atoms with Crippen molar-refractivity contribution in [3.63, 3.8) is 0 Å². The van der Waals surface area contributed by atoms with Crippen LogP contribution in [0.25, 0.3) is 0 Å². The summed E-state index contributed by atoms with van der Waals surface area (Å²) in [6.45, 7) is 0.213. The maximum atomic E-state index is 10.6. The first kappa shape index (κ1) is 13.2. The maximum Gasteiger partial charge on any atom is 0.305 e. The van der Waals surface area contributed by atoms with E-state index in [4.69, 9.17) is 9.84 Å². The molecular weight excluding hydrogens is 248 g/mol. The number of nitrogens with zero attached hydrogens (tertiary/aromatic N) is 4. The molecule has 0 spiro atoms. The van der Waals surface area contributed by atoms with Crippen LogP contribution in [0.4, 0.5) is 0 Å². The van der Waals surface area contributed by atoms with E-state index >= 15 is 0 Å². The van der Waals surface area contributed by atoms with Crippen molar-refractivity contribution >= 4 is 5.97 Å². The normalized spacial score (nSPS) is 12.3. The molecule has 19 heavy (non-hydrogen) atoms. The first-order chi connectivity index (χ1) is 9.22. The number of tetrazole rings is 1. The van der Waals surface area contributed by atoms with Crippen molar-refractivity contribution in [2.45, 2.75) is 19.1 Å². The standard InChI is InChI=1S/C12H14N4O3/c1-19-11(9-5-3-2-4-6-9)12-13-14-15-16(12)8-7-10(17)18/h2-6,11H,7-8H2,1H3,(H,17,18). The summed E-state index contributed by atoms with van der Waals surface area (Å²) in [6, 6.07) is 9.51. The fraction of sp³-hybridized carbons (Fsp3) is 0.333. The van der Waals surface area contributed by atoms with Crippen molar-refractivity contribution in [3.8, 4) is 0 Å². The Labute approximate surface area is 109 Å². The molecule has 0 aliphatic heterocycles. The van der Waals surface area contributed by atoms with Crippen molar-refractivity contribution in [2.75, 3.05) is 7.11 Å². The highest BCUT2D eigenvalue weighted by Crippen LogP contribution is 2.22. The minimum absolute atomic E-state index is 0.0384. The third kappa shape index (κ3) is 3.14. The topological polar surface area (TPSA) is 90.1 Å². The van der Waals surface area contributed by atoms with Crippen LogP contribution in [-0.4, -0.2) is 38.4 Å². The lowest BCUT2D eigenvalue weighted by Crippen LogP contribution is -2.15. The van der Waals surface area contributed by atoms with E-state index in [0.29, 0.717) is 5.82 Å². The zero-order chi connectivity index (χ0) is 13.7. The molecule has 7 heteroatoms. The van der Waals surface area contributed by atoms with E-state index in [0.717, 1.165) is 5.56 Å². The van der Waals surface area contributed by atoms with Crippen LogP contribution in [0.3, 0.4) is 0 Å². The number of benzene rings is 1. The molecule has 1 aromatic carbocycles. The Kier molecular flexibility index (Phi) is 4.19. The molecule has 0 fully saturated rings.